The van der Waals surface area contributed by atoms with Crippen LogP contribution in [0.15, 0.2) is 53.8 Å². The molecule has 1 aromatic heterocycles. The van der Waals surface area contributed by atoms with Crippen LogP contribution in [0.3, 0.4) is 0 Å². The third-order valence-corrected chi connectivity index (χ3v) is 7.89. The van der Waals surface area contributed by atoms with Crippen LogP contribution in [0.1, 0.15) is 56.2 Å². The van der Waals surface area contributed by atoms with E-state index in [0.29, 0.717) is 12.2 Å². The molecule has 0 radical (unpaired) electrons. The smallest absolute Gasteiger partial charge is 0.161 e. The van der Waals surface area contributed by atoms with E-state index in [1.54, 1.807) is 18.0 Å². The molecule has 7 heteroatoms. The molecule has 0 fully saturated rings. The monoisotopic (exact) mass is 445 g/mol. The number of pyridine rings is 1. The zero-order valence-corrected chi connectivity index (χ0v) is 19.2. The standard InChI is InChI=1S/C23H31N3O2S2/c1-2-3-4-5-6-15-30(27,28)16-13-19-9-11-21(12-10-19)25-23-26-22(18-29-23)20-8-7-14-24-17-20/h7-12,14,17,22H,2-6,13,15-16,18H2,1H3,(H,25,26). The maximum Gasteiger partial charge on any atom is 0.161 e. The summed E-state index contributed by atoms with van der Waals surface area (Å²) in [6.45, 7) is 2.16. The van der Waals surface area contributed by atoms with Crippen LogP contribution in [-0.4, -0.2) is 35.8 Å². The highest BCUT2D eigenvalue weighted by Gasteiger charge is 2.20. The minimum Gasteiger partial charge on any atom is -0.335 e. The van der Waals surface area contributed by atoms with Crippen molar-refractivity contribution >= 4 is 32.5 Å². The number of aromatic nitrogens is 1. The molecule has 1 unspecified atom stereocenters. The van der Waals surface area contributed by atoms with Crippen molar-refractivity contribution in [2.24, 2.45) is 4.99 Å². The van der Waals surface area contributed by atoms with Gasteiger partial charge in [0.25, 0.3) is 0 Å². The highest BCUT2D eigenvalue weighted by Crippen LogP contribution is 2.30. The van der Waals surface area contributed by atoms with Gasteiger partial charge in [-0.25, -0.2) is 8.42 Å². The molecule has 0 spiro atoms. The van der Waals surface area contributed by atoms with Gasteiger partial charge in [0, 0.05) is 23.8 Å². The highest BCUT2D eigenvalue weighted by molar-refractivity contribution is 8.14. The van der Waals surface area contributed by atoms with Crippen molar-refractivity contribution in [1.29, 1.82) is 0 Å². The average Bonchev–Trinajstić information content (AvgIpc) is 3.22. The summed E-state index contributed by atoms with van der Waals surface area (Å²) in [5.41, 5.74) is 3.14. The molecule has 162 valence electrons. The molecule has 1 aliphatic rings. The number of anilines is 1. The lowest BCUT2D eigenvalue weighted by Gasteiger charge is -2.08. The molecule has 0 saturated carbocycles. The lowest BCUT2D eigenvalue weighted by molar-refractivity contribution is 0.586. The van der Waals surface area contributed by atoms with E-state index in [0.717, 1.165) is 47.0 Å². The van der Waals surface area contributed by atoms with E-state index < -0.39 is 9.84 Å². The number of aliphatic imine (C=N–C) groups is 1. The number of benzene rings is 1. The molecule has 0 amide bonds. The van der Waals surface area contributed by atoms with Crippen LogP contribution in [0.5, 0.6) is 0 Å². The van der Waals surface area contributed by atoms with Crippen LogP contribution in [0.4, 0.5) is 5.69 Å². The summed E-state index contributed by atoms with van der Waals surface area (Å²) in [4.78, 5) is 8.91. The van der Waals surface area contributed by atoms with Gasteiger partial charge in [-0.2, -0.15) is 0 Å². The quantitative estimate of drug-likeness (QED) is 0.477. The zero-order chi connectivity index (χ0) is 21.2. The molecule has 1 N–H and O–H groups in total. The zero-order valence-electron chi connectivity index (χ0n) is 17.6. The summed E-state index contributed by atoms with van der Waals surface area (Å²) >= 11 is 1.70. The van der Waals surface area contributed by atoms with Gasteiger partial charge in [0.2, 0.25) is 0 Å². The van der Waals surface area contributed by atoms with Crippen molar-refractivity contribution in [2.45, 2.75) is 51.5 Å². The van der Waals surface area contributed by atoms with E-state index in [1.165, 1.54) is 12.8 Å². The van der Waals surface area contributed by atoms with Crippen molar-refractivity contribution in [3.8, 4) is 0 Å². The summed E-state index contributed by atoms with van der Waals surface area (Å²) < 4.78 is 24.5. The third kappa shape index (κ3) is 7.43. The van der Waals surface area contributed by atoms with Gasteiger partial charge in [-0.1, -0.05) is 62.6 Å². The molecular formula is C23H31N3O2S2. The van der Waals surface area contributed by atoms with E-state index in [9.17, 15) is 8.42 Å². The summed E-state index contributed by atoms with van der Waals surface area (Å²) in [7, 11) is -2.97. The fraction of sp³-hybridized carbons (Fsp3) is 0.478. The Morgan fingerprint density at radius 3 is 2.60 bits per heavy atom. The number of rotatable bonds is 11. The van der Waals surface area contributed by atoms with Gasteiger partial charge in [0.05, 0.1) is 17.5 Å². The molecule has 3 rings (SSSR count). The summed E-state index contributed by atoms with van der Waals surface area (Å²) in [5, 5.41) is 4.26. The number of unbranched alkanes of at least 4 members (excludes halogenated alkanes) is 4. The van der Waals surface area contributed by atoms with Gasteiger partial charge < -0.3 is 5.32 Å². The SMILES string of the molecule is CCCCCCCS(=O)(=O)CCc1ccc(NC2=NC(c3cccnc3)CS2)cc1. The highest BCUT2D eigenvalue weighted by atomic mass is 32.2. The number of nitrogens with zero attached hydrogens (tertiary/aromatic N) is 2. The van der Waals surface area contributed by atoms with Gasteiger partial charge in [0.15, 0.2) is 15.0 Å². The maximum atomic E-state index is 12.2. The van der Waals surface area contributed by atoms with Gasteiger partial charge in [-0.3, -0.25) is 9.98 Å². The van der Waals surface area contributed by atoms with Crippen molar-refractivity contribution in [3.63, 3.8) is 0 Å². The number of thioether (sulfide) groups is 1. The molecule has 2 aromatic rings. The minimum absolute atomic E-state index is 0.137. The van der Waals surface area contributed by atoms with E-state index in [2.05, 4.69) is 23.3 Å². The number of hydrogen-bond acceptors (Lipinski definition) is 6. The van der Waals surface area contributed by atoms with Crippen LogP contribution >= 0.6 is 11.8 Å². The largest absolute Gasteiger partial charge is 0.335 e. The molecule has 2 heterocycles. The molecule has 5 nitrogen and oxygen atoms in total. The Morgan fingerprint density at radius 2 is 1.87 bits per heavy atom. The topological polar surface area (TPSA) is 71.4 Å². The van der Waals surface area contributed by atoms with E-state index >= 15 is 0 Å². The van der Waals surface area contributed by atoms with Crippen molar-refractivity contribution < 1.29 is 8.42 Å². The van der Waals surface area contributed by atoms with Gasteiger partial charge in [-0.15, -0.1) is 0 Å². The number of hydrogen-bond donors (Lipinski definition) is 1. The predicted octanol–water partition coefficient (Wildman–Crippen LogP) is 5.27. The average molecular weight is 446 g/mol. The van der Waals surface area contributed by atoms with E-state index in [1.807, 2.05) is 36.5 Å². The molecule has 1 aliphatic heterocycles. The lowest BCUT2D eigenvalue weighted by Crippen LogP contribution is -2.13. The van der Waals surface area contributed by atoms with Crippen molar-refractivity contribution in [2.75, 3.05) is 22.6 Å². The van der Waals surface area contributed by atoms with Crippen LogP contribution in [-0.2, 0) is 16.3 Å². The molecule has 0 saturated heterocycles. The second-order valence-electron chi connectivity index (χ2n) is 7.69. The molecule has 1 atom stereocenters. The Balaban J connectivity index is 1.45. The Hall–Kier alpha value is -1.86. The lowest BCUT2D eigenvalue weighted by atomic mass is 10.1. The maximum absolute atomic E-state index is 12.2. The Kier molecular flexibility index (Phi) is 8.75. The molecule has 0 bridgehead atoms. The van der Waals surface area contributed by atoms with Crippen LogP contribution in [0, 0.1) is 0 Å². The van der Waals surface area contributed by atoms with E-state index in [-0.39, 0.29) is 11.8 Å². The van der Waals surface area contributed by atoms with Crippen molar-refractivity contribution in [3.05, 3.63) is 59.9 Å². The first-order valence-corrected chi connectivity index (χ1v) is 13.5. The summed E-state index contributed by atoms with van der Waals surface area (Å²) in [6.07, 6.45) is 9.50. The first-order valence-electron chi connectivity index (χ1n) is 10.7. The molecule has 0 aliphatic carbocycles. The molecular weight excluding hydrogens is 414 g/mol. The second kappa shape index (κ2) is 11.5. The van der Waals surface area contributed by atoms with Gasteiger partial charge in [-0.05, 0) is 42.2 Å². The van der Waals surface area contributed by atoms with E-state index in [4.69, 9.17) is 4.99 Å². The van der Waals surface area contributed by atoms with Crippen molar-refractivity contribution in [1.82, 2.24) is 4.98 Å². The van der Waals surface area contributed by atoms with Gasteiger partial charge in [0.1, 0.15) is 0 Å². The second-order valence-corrected chi connectivity index (χ2v) is 11.0. The fourth-order valence-electron chi connectivity index (χ4n) is 3.37. The molecule has 30 heavy (non-hydrogen) atoms. The summed E-state index contributed by atoms with van der Waals surface area (Å²) in [6, 6.07) is 12.1. The fourth-order valence-corrected chi connectivity index (χ4v) is 5.73. The van der Waals surface area contributed by atoms with Gasteiger partial charge >= 0.3 is 0 Å². The molecule has 1 aromatic carbocycles. The number of nitrogens with one attached hydrogen (secondary N) is 1. The third-order valence-electron chi connectivity index (χ3n) is 5.19. The number of sulfone groups is 1. The Morgan fingerprint density at radius 1 is 1.07 bits per heavy atom. The predicted molar refractivity (Wildman–Crippen MR) is 128 cm³/mol. The normalized spacial score (nSPS) is 16.4. The first-order chi connectivity index (χ1) is 14.6. The van der Waals surface area contributed by atoms with Crippen LogP contribution in [0.25, 0.3) is 0 Å². The first kappa shape index (κ1) is 22.8. The van der Waals surface area contributed by atoms with Crippen LogP contribution in [0.2, 0.25) is 0 Å². The number of amidine groups is 1. The number of aryl methyl sites for hydroxylation is 1. The minimum atomic E-state index is -2.97. The summed E-state index contributed by atoms with van der Waals surface area (Å²) in [5.74, 6) is 1.44. The van der Waals surface area contributed by atoms with Crippen LogP contribution < -0.4 is 5.32 Å². The Labute approximate surface area is 184 Å². The Bertz CT molecular complexity index is 913.